The van der Waals surface area contributed by atoms with Gasteiger partial charge in [0.15, 0.2) is 5.96 Å². The Hall–Kier alpha value is -1.77. The molecule has 0 atom stereocenters. The fourth-order valence-electron chi connectivity index (χ4n) is 3.23. The second-order valence-electron chi connectivity index (χ2n) is 6.79. The molecule has 0 bridgehead atoms. The first-order valence-corrected chi connectivity index (χ1v) is 9.41. The number of aliphatic imine (C=N–C) groups is 1. The number of halogens is 1. The molecule has 1 saturated carbocycles. The molecule has 0 aliphatic heterocycles. The molecule has 2 aromatic rings. The van der Waals surface area contributed by atoms with Crippen LogP contribution >= 0.6 is 24.0 Å². The molecule has 1 aliphatic carbocycles. The number of aryl methyl sites for hydroxylation is 1. The Kier molecular flexibility index (Phi) is 8.90. The number of guanidine groups is 1. The van der Waals surface area contributed by atoms with Crippen molar-refractivity contribution in [1.82, 2.24) is 20.2 Å². The SMILES string of the molecule is CN=C(NCCn1ccnc1)NCc1ccc(C)cc1OC1CCCC1.I. The molecule has 6 nitrogen and oxygen atoms in total. The number of aromatic nitrogens is 2. The highest BCUT2D eigenvalue weighted by molar-refractivity contribution is 14.0. The van der Waals surface area contributed by atoms with Crippen molar-refractivity contribution < 1.29 is 4.74 Å². The van der Waals surface area contributed by atoms with Gasteiger partial charge in [-0.05, 0) is 44.2 Å². The van der Waals surface area contributed by atoms with Crippen molar-refractivity contribution in [2.45, 2.75) is 51.8 Å². The van der Waals surface area contributed by atoms with Gasteiger partial charge in [0.1, 0.15) is 5.75 Å². The van der Waals surface area contributed by atoms with Crippen molar-refractivity contribution in [3.8, 4) is 5.75 Å². The first-order chi connectivity index (χ1) is 12.7. The van der Waals surface area contributed by atoms with E-state index in [2.05, 4.69) is 45.7 Å². The molecule has 148 valence electrons. The van der Waals surface area contributed by atoms with Crippen LogP contribution in [0.3, 0.4) is 0 Å². The molecule has 0 amide bonds. The lowest BCUT2D eigenvalue weighted by atomic mass is 10.1. The monoisotopic (exact) mass is 483 g/mol. The van der Waals surface area contributed by atoms with Crippen molar-refractivity contribution in [2.75, 3.05) is 13.6 Å². The van der Waals surface area contributed by atoms with E-state index >= 15 is 0 Å². The lowest BCUT2D eigenvalue weighted by molar-refractivity contribution is 0.207. The molecule has 3 rings (SSSR count). The minimum absolute atomic E-state index is 0. The molecule has 0 saturated heterocycles. The van der Waals surface area contributed by atoms with Crippen LogP contribution in [0, 0.1) is 6.92 Å². The van der Waals surface area contributed by atoms with Crippen LogP contribution in [0.4, 0.5) is 0 Å². The fourth-order valence-corrected chi connectivity index (χ4v) is 3.23. The minimum atomic E-state index is 0. The van der Waals surface area contributed by atoms with E-state index in [1.807, 2.05) is 17.1 Å². The second kappa shape index (κ2) is 11.2. The molecular formula is C20H30IN5O. The van der Waals surface area contributed by atoms with Gasteiger partial charge in [0.05, 0.1) is 12.4 Å². The molecule has 0 radical (unpaired) electrons. The summed E-state index contributed by atoms with van der Waals surface area (Å²) in [6.07, 6.45) is 10.8. The van der Waals surface area contributed by atoms with Gasteiger partial charge in [-0.25, -0.2) is 4.98 Å². The van der Waals surface area contributed by atoms with Crippen molar-refractivity contribution in [3.63, 3.8) is 0 Å². The number of benzene rings is 1. The lowest BCUT2D eigenvalue weighted by Crippen LogP contribution is -2.38. The van der Waals surface area contributed by atoms with Crippen LogP contribution in [0.1, 0.15) is 36.8 Å². The normalized spacial score (nSPS) is 14.7. The van der Waals surface area contributed by atoms with Gasteiger partial charge in [-0.15, -0.1) is 24.0 Å². The molecule has 0 unspecified atom stereocenters. The Labute approximate surface area is 178 Å². The van der Waals surface area contributed by atoms with Crippen LogP contribution in [-0.4, -0.2) is 35.2 Å². The Morgan fingerprint density at radius 3 is 2.81 bits per heavy atom. The predicted molar refractivity (Wildman–Crippen MR) is 120 cm³/mol. The van der Waals surface area contributed by atoms with Gasteiger partial charge in [-0.3, -0.25) is 4.99 Å². The first-order valence-electron chi connectivity index (χ1n) is 9.41. The summed E-state index contributed by atoms with van der Waals surface area (Å²) < 4.78 is 8.31. The highest BCUT2D eigenvalue weighted by Gasteiger charge is 2.18. The second-order valence-corrected chi connectivity index (χ2v) is 6.79. The molecule has 1 aromatic heterocycles. The first kappa shape index (κ1) is 21.5. The Balaban J connectivity index is 0.00000261. The van der Waals surface area contributed by atoms with Gasteiger partial charge in [0.2, 0.25) is 0 Å². The zero-order valence-corrected chi connectivity index (χ0v) is 18.5. The van der Waals surface area contributed by atoms with E-state index in [1.54, 1.807) is 13.2 Å². The van der Waals surface area contributed by atoms with Crippen molar-refractivity contribution in [2.24, 2.45) is 4.99 Å². The van der Waals surface area contributed by atoms with E-state index in [9.17, 15) is 0 Å². The van der Waals surface area contributed by atoms with E-state index in [0.29, 0.717) is 12.6 Å². The summed E-state index contributed by atoms with van der Waals surface area (Å²) in [6.45, 7) is 4.43. The highest BCUT2D eigenvalue weighted by atomic mass is 127. The summed E-state index contributed by atoms with van der Waals surface area (Å²) in [5.74, 6) is 1.79. The average molecular weight is 483 g/mol. The molecule has 7 heteroatoms. The Bertz CT molecular complexity index is 711. The van der Waals surface area contributed by atoms with Crippen LogP contribution in [0.15, 0.2) is 41.9 Å². The van der Waals surface area contributed by atoms with Crippen LogP contribution in [0.25, 0.3) is 0 Å². The quantitative estimate of drug-likeness (QED) is 0.360. The van der Waals surface area contributed by atoms with Crippen LogP contribution in [-0.2, 0) is 13.1 Å². The topological polar surface area (TPSA) is 63.5 Å². The van der Waals surface area contributed by atoms with Gasteiger partial charge >= 0.3 is 0 Å². The number of ether oxygens (including phenoxy) is 1. The molecule has 1 heterocycles. The van der Waals surface area contributed by atoms with Gasteiger partial charge in [0, 0.05) is 44.6 Å². The standard InChI is InChI=1S/C20H29N5O.HI/c1-16-7-8-17(19(13-16)26-18-5-3-4-6-18)14-24-20(21-2)23-10-12-25-11-9-22-15-25;/h7-9,11,13,15,18H,3-6,10,12,14H2,1-2H3,(H2,21,23,24);1H. The van der Waals surface area contributed by atoms with Gasteiger partial charge < -0.3 is 19.9 Å². The van der Waals surface area contributed by atoms with E-state index in [0.717, 1.165) is 37.6 Å². The number of rotatable bonds is 7. The summed E-state index contributed by atoms with van der Waals surface area (Å²) in [5, 5.41) is 6.72. The third-order valence-corrected chi connectivity index (χ3v) is 4.71. The van der Waals surface area contributed by atoms with E-state index in [-0.39, 0.29) is 24.0 Å². The summed E-state index contributed by atoms with van der Waals surface area (Å²) in [5.41, 5.74) is 2.39. The van der Waals surface area contributed by atoms with E-state index in [1.165, 1.54) is 24.0 Å². The summed E-state index contributed by atoms with van der Waals surface area (Å²) >= 11 is 0. The van der Waals surface area contributed by atoms with Gasteiger partial charge in [0.25, 0.3) is 0 Å². The largest absolute Gasteiger partial charge is 0.490 e. The minimum Gasteiger partial charge on any atom is -0.490 e. The zero-order valence-electron chi connectivity index (χ0n) is 16.1. The smallest absolute Gasteiger partial charge is 0.191 e. The molecule has 1 aromatic carbocycles. The molecule has 27 heavy (non-hydrogen) atoms. The zero-order chi connectivity index (χ0) is 18.2. The third kappa shape index (κ3) is 6.71. The fraction of sp³-hybridized carbons (Fsp3) is 0.500. The summed E-state index contributed by atoms with van der Waals surface area (Å²) in [6, 6.07) is 6.42. The Morgan fingerprint density at radius 2 is 2.11 bits per heavy atom. The van der Waals surface area contributed by atoms with Crippen LogP contribution < -0.4 is 15.4 Å². The highest BCUT2D eigenvalue weighted by Crippen LogP contribution is 2.27. The summed E-state index contributed by atoms with van der Waals surface area (Å²) in [7, 11) is 1.79. The molecular weight excluding hydrogens is 453 g/mol. The molecule has 2 N–H and O–H groups in total. The van der Waals surface area contributed by atoms with Crippen molar-refractivity contribution >= 4 is 29.9 Å². The van der Waals surface area contributed by atoms with Crippen molar-refractivity contribution in [3.05, 3.63) is 48.0 Å². The van der Waals surface area contributed by atoms with Gasteiger partial charge in [-0.2, -0.15) is 0 Å². The van der Waals surface area contributed by atoms with Crippen LogP contribution in [0.5, 0.6) is 5.75 Å². The number of nitrogens with one attached hydrogen (secondary N) is 2. The van der Waals surface area contributed by atoms with E-state index in [4.69, 9.17) is 4.74 Å². The van der Waals surface area contributed by atoms with E-state index < -0.39 is 0 Å². The maximum Gasteiger partial charge on any atom is 0.191 e. The molecule has 1 aliphatic rings. The van der Waals surface area contributed by atoms with Crippen molar-refractivity contribution in [1.29, 1.82) is 0 Å². The lowest BCUT2D eigenvalue weighted by Gasteiger charge is -2.18. The number of hydrogen-bond acceptors (Lipinski definition) is 3. The predicted octanol–water partition coefficient (Wildman–Crippen LogP) is 3.50. The maximum absolute atomic E-state index is 6.27. The summed E-state index contributed by atoms with van der Waals surface area (Å²) in [4.78, 5) is 8.35. The number of nitrogens with zero attached hydrogens (tertiary/aromatic N) is 3. The maximum atomic E-state index is 6.27. The Morgan fingerprint density at radius 1 is 1.30 bits per heavy atom. The van der Waals surface area contributed by atoms with Crippen LogP contribution in [0.2, 0.25) is 0 Å². The molecule has 1 fully saturated rings. The third-order valence-electron chi connectivity index (χ3n) is 4.71. The number of hydrogen-bond donors (Lipinski definition) is 2. The average Bonchev–Trinajstić information content (AvgIpc) is 3.33. The molecule has 0 spiro atoms. The van der Waals surface area contributed by atoms with Gasteiger partial charge in [-0.1, -0.05) is 12.1 Å². The number of imidazole rings is 1.